The van der Waals surface area contributed by atoms with E-state index in [0.29, 0.717) is 5.54 Å². The Morgan fingerprint density at radius 1 is 1.04 bits per heavy atom. The van der Waals surface area contributed by atoms with Gasteiger partial charge in [-0.15, -0.1) is 0 Å². The van der Waals surface area contributed by atoms with Gasteiger partial charge in [-0.05, 0) is 69.3 Å². The summed E-state index contributed by atoms with van der Waals surface area (Å²) >= 11 is 0. The van der Waals surface area contributed by atoms with Gasteiger partial charge in [-0.25, -0.2) is 0 Å². The molecule has 23 heavy (non-hydrogen) atoms. The first kappa shape index (κ1) is 16.9. The number of rotatable bonds is 5. The number of hydrogen-bond acceptors (Lipinski definition) is 3. The Labute approximate surface area is 141 Å². The Morgan fingerprint density at radius 3 is 2.48 bits per heavy atom. The van der Waals surface area contributed by atoms with Gasteiger partial charge in [0, 0.05) is 31.8 Å². The molecule has 128 valence electrons. The number of piperidine rings is 1. The molecular formula is C20H32N2O. The lowest BCUT2D eigenvalue weighted by Gasteiger charge is -2.48. The average molecular weight is 316 g/mol. The lowest BCUT2D eigenvalue weighted by molar-refractivity contribution is -0.0358. The van der Waals surface area contributed by atoms with E-state index in [1.165, 1.54) is 61.9 Å². The summed E-state index contributed by atoms with van der Waals surface area (Å²) in [6, 6.07) is 6.81. The van der Waals surface area contributed by atoms with Crippen LogP contribution in [-0.2, 0) is 11.3 Å². The second-order valence-electron chi connectivity index (χ2n) is 7.41. The lowest BCUT2D eigenvalue weighted by atomic mass is 9.86. The molecule has 0 aromatic heterocycles. The Hall–Kier alpha value is -0.900. The minimum Gasteiger partial charge on any atom is -0.381 e. The highest BCUT2D eigenvalue weighted by molar-refractivity contribution is 5.29. The van der Waals surface area contributed by atoms with Gasteiger partial charge in [-0.2, -0.15) is 0 Å². The summed E-state index contributed by atoms with van der Waals surface area (Å²) in [4.78, 5) is 2.76. The highest BCUT2D eigenvalue weighted by atomic mass is 16.5. The highest BCUT2D eigenvalue weighted by Gasteiger charge is 2.38. The van der Waals surface area contributed by atoms with Gasteiger partial charge in [0.25, 0.3) is 0 Å². The third-order valence-electron chi connectivity index (χ3n) is 5.80. The summed E-state index contributed by atoms with van der Waals surface area (Å²) in [5.74, 6) is 0. The lowest BCUT2D eigenvalue weighted by Crippen LogP contribution is -2.59. The molecule has 2 aliphatic heterocycles. The van der Waals surface area contributed by atoms with Crippen LogP contribution in [0.25, 0.3) is 0 Å². The second-order valence-corrected chi connectivity index (χ2v) is 7.41. The molecule has 3 heteroatoms. The van der Waals surface area contributed by atoms with Gasteiger partial charge in [0.15, 0.2) is 0 Å². The number of aryl methyl sites for hydroxylation is 2. The zero-order valence-electron chi connectivity index (χ0n) is 14.9. The van der Waals surface area contributed by atoms with Crippen molar-refractivity contribution in [1.29, 1.82) is 0 Å². The van der Waals surface area contributed by atoms with E-state index in [1.54, 1.807) is 0 Å². The van der Waals surface area contributed by atoms with Crippen LogP contribution in [0.15, 0.2) is 18.2 Å². The van der Waals surface area contributed by atoms with E-state index in [-0.39, 0.29) is 0 Å². The van der Waals surface area contributed by atoms with E-state index in [4.69, 9.17) is 4.74 Å². The molecule has 0 bridgehead atoms. The molecule has 3 nitrogen and oxygen atoms in total. The second kappa shape index (κ2) is 7.78. The quantitative estimate of drug-likeness (QED) is 0.901. The van der Waals surface area contributed by atoms with Crippen molar-refractivity contribution in [3.05, 3.63) is 34.9 Å². The summed E-state index contributed by atoms with van der Waals surface area (Å²) < 4.78 is 5.65. The zero-order chi connectivity index (χ0) is 16.1. The van der Waals surface area contributed by atoms with E-state index in [9.17, 15) is 0 Å². The van der Waals surface area contributed by atoms with Crippen molar-refractivity contribution in [2.24, 2.45) is 0 Å². The number of nitrogens with one attached hydrogen (secondary N) is 1. The maximum absolute atomic E-state index is 5.65. The Kier molecular flexibility index (Phi) is 5.73. The topological polar surface area (TPSA) is 24.5 Å². The smallest absolute Gasteiger partial charge is 0.0484 e. The van der Waals surface area contributed by atoms with E-state index in [2.05, 4.69) is 42.3 Å². The molecule has 0 atom stereocenters. The normalized spacial score (nSPS) is 22.2. The van der Waals surface area contributed by atoms with Crippen LogP contribution in [0.1, 0.15) is 48.8 Å². The molecule has 1 aromatic carbocycles. The van der Waals surface area contributed by atoms with Gasteiger partial charge in [-0.1, -0.05) is 24.6 Å². The molecular weight excluding hydrogens is 284 g/mol. The first-order chi connectivity index (χ1) is 11.2. The molecule has 3 rings (SSSR count). The minimum absolute atomic E-state index is 0.318. The summed E-state index contributed by atoms with van der Waals surface area (Å²) in [5, 5.41) is 3.76. The van der Waals surface area contributed by atoms with Crippen LogP contribution in [0.4, 0.5) is 0 Å². The number of benzene rings is 1. The van der Waals surface area contributed by atoms with E-state index in [0.717, 1.165) is 26.3 Å². The fourth-order valence-electron chi connectivity index (χ4n) is 4.08. The maximum Gasteiger partial charge on any atom is 0.0484 e. The molecule has 2 heterocycles. The summed E-state index contributed by atoms with van der Waals surface area (Å²) in [5.41, 5.74) is 4.48. The Morgan fingerprint density at radius 2 is 1.78 bits per heavy atom. The number of nitrogens with zero attached hydrogens (tertiary/aromatic N) is 1. The van der Waals surface area contributed by atoms with E-state index in [1.807, 2.05) is 0 Å². The van der Waals surface area contributed by atoms with Crippen molar-refractivity contribution in [1.82, 2.24) is 10.2 Å². The van der Waals surface area contributed by atoms with Crippen molar-refractivity contribution in [3.63, 3.8) is 0 Å². The molecule has 0 radical (unpaired) electrons. The monoisotopic (exact) mass is 316 g/mol. The maximum atomic E-state index is 5.65. The third kappa shape index (κ3) is 4.14. The van der Waals surface area contributed by atoms with E-state index < -0.39 is 0 Å². The Bertz CT molecular complexity index is 502. The van der Waals surface area contributed by atoms with Gasteiger partial charge in [0.05, 0.1) is 0 Å². The largest absolute Gasteiger partial charge is 0.381 e. The predicted octanol–water partition coefficient (Wildman–Crippen LogP) is 3.43. The molecule has 1 aromatic rings. The first-order valence-electron chi connectivity index (χ1n) is 9.29. The fraction of sp³-hybridized carbons (Fsp3) is 0.700. The van der Waals surface area contributed by atoms with Crippen LogP contribution in [0.5, 0.6) is 0 Å². The summed E-state index contributed by atoms with van der Waals surface area (Å²) in [7, 11) is 0. The predicted molar refractivity (Wildman–Crippen MR) is 95.8 cm³/mol. The first-order valence-corrected chi connectivity index (χ1v) is 9.29. The van der Waals surface area contributed by atoms with Crippen molar-refractivity contribution in [2.45, 2.75) is 58.0 Å². The van der Waals surface area contributed by atoms with Crippen LogP contribution in [0.2, 0.25) is 0 Å². The Balaban J connectivity index is 1.60. The molecule has 0 unspecified atom stereocenters. The standard InChI is InChI=1S/C20H32N2O/c1-17-6-7-19(14-18(17)2)15-21-16-20(8-12-23-13-9-20)22-10-4-3-5-11-22/h6-7,14,21H,3-5,8-13,15-16H2,1-2H3. The number of ether oxygens (including phenoxy) is 1. The molecule has 2 fully saturated rings. The van der Waals surface area contributed by atoms with Crippen LogP contribution in [-0.4, -0.2) is 43.3 Å². The summed E-state index contributed by atoms with van der Waals surface area (Å²) in [6.07, 6.45) is 6.47. The molecule has 0 spiro atoms. The highest BCUT2D eigenvalue weighted by Crippen LogP contribution is 2.30. The van der Waals surface area contributed by atoms with Crippen LogP contribution in [0, 0.1) is 13.8 Å². The van der Waals surface area contributed by atoms with Crippen molar-refractivity contribution < 1.29 is 4.74 Å². The van der Waals surface area contributed by atoms with Crippen LogP contribution in [0.3, 0.4) is 0 Å². The van der Waals surface area contributed by atoms with Crippen LogP contribution >= 0.6 is 0 Å². The van der Waals surface area contributed by atoms with Gasteiger partial charge in [-0.3, -0.25) is 4.90 Å². The fourth-order valence-corrected chi connectivity index (χ4v) is 4.08. The van der Waals surface area contributed by atoms with Crippen LogP contribution < -0.4 is 5.32 Å². The molecule has 2 aliphatic rings. The number of likely N-dealkylation sites (tertiary alicyclic amines) is 1. The van der Waals surface area contributed by atoms with Gasteiger partial charge >= 0.3 is 0 Å². The van der Waals surface area contributed by atoms with Gasteiger partial charge < -0.3 is 10.1 Å². The molecule has 1 N–H and O–H groups in total. The van der Waals surface area contributed by atoms with Crippen molar-refractivity contribution in [2.75, 3.05) is 32.8 Å². The molecule has 0 amide bonds. The molecule has 0 aliphatic carbocycles. The summed E-state index contributed by atoms with van der Waals surface area (Å²) in [6.45, 7) is 10.8. The van der Waals surface area contributed by atoms with Crippen molar-refractivity contribution in [3.8, 4) is 0 Å². The van der Waals surface area contributed by atoms with E-state index >= 15 is 0 Å². The average Bonchev–Trinajstić information content (AvgIpc) is 2.60. The third-order valence-corrected chi connectivity index (χ3v) is 5.80. The number of hydrogen-bond donors (Lipinski definition) is 1. The van der Waals surface area contributed by atoms with Crippen molar-refractivity contribution >= 4 is 0 Å². The minimum atomic E-state index is 0.318. The van der Waals surface area contributed by atoms with Gasteiger partial charge in [0.1, 0.15) is 0 Å². The molecule has 0 saturated carbocycles. The zero-order valence-corrected chi connectivity index (χ0v) is 14.9. The SMILES string of the molecule is Cc1ccc(CNCC2(N3CCCCC3)CCOCC2)cc1C. The van der Waals surface area contributed by atoms with Gasteiger partial charge in [0.2, 0.25) is 0 Å². The molecule has 2 saturated heterocycles.